The minimum atomic E-state index is -0.755. The Hall–Kier alpha value is -2.01. The molecule has 0 fully saturated rings. The van der Waals surface area contributed by atoms with E-state index in [2.05, 4.69) is 4.98 Å². The Kier molecular flexibility index (Phi) is 3.37. The maximum Gasteiger partial charge on any atom is 0.153 e. The summed E-state index contributed by atoms with van der Waals surface area (Å²) in [5.74, 6) is -1.46. The highest BCUT2D eigenvalue weighted by Gasteiger charge is 2.17. The number of rotatable bonds is 2. The molecule has 0 unspecified atom stereocenters. The van der Waals surface area contributed by atoms with E-state index in [4.69, 9.17) is 11.6 Å². The zero-order valence-electron chi connectivity index (χ0n) is 11.0. The predicted octanol–water partition coefficient (Wildman–Crippen LogP) is 4.49. The molecule has 6 heteroatoms. The maximum absolute atomic E-state index is 13.8. The molecule has 0 amide bonds. The van der Waals surface area contributed by atoms with E-state index in [0.29, 0.717) is 17.1 Å². The number of imidazole rings is 1. The highest BCUT2D eigenvalue weighted by molar-refractivity contribution is 6.17. The minimum absolute atomic E-state index is 0.0204. The van der Waals surface area contributed by atoms with E-state index in [0.717, 1.165) is 6.07 Å². The summed E-state index contributed by atoms with van der Waals surface area (Å²) in [6.07, 6.45) is 0. The van der Waals surface area contributed by atoms with Crippen LogP contribution in [0, 0.1) is 24.4 Å². The molecule has 0 aliphatic heterocycles. The first-order chi connectivity index (χ1) is 10.0. The van der Waals surface area contributed by atoms with Crippen molar-refractivity contribution in [1.82, 2.24) is 9.55 Å². The number of alkyl halides is 1. The molecule has 21 heavy (non-hydrogen) atoms. The molecule has 0 aliphatic rings. The summed E-state index contributed by atoms with van der Waals surface area (Å²) >= 11 is 5.86. The molecule has 3 aromatic rings. The SMILES string of the molecule is Cc1cc(F)ccc1-n1c(CCl)nc2c(F)cc(F)cc21. The second kappa shape index (κ2) is 5.07. The molecule has 1 heterocycles. The van der Waals surface area contributed by atoms with Crippen LogP contribution in [0.5, 0.6) is 0 Å². The molecule has 0 aliphatic carbocycles. The van der Waals surface area contributed by atoms with Crippen LogP contribution in [-0.4, -0.2) is 9.55 Å². The largest absolute Gasteiger partial charge is 0.295 e. The lowest BCUT2D eigenvalue weighted by Gasteiger charge is -2.11. The highest BCUT2D eigenvalue weighted by atomic mass is 35.5. The number of aromatic nitrogens is 2. The summed E-state index contributed by atoms with van der Waals surface area (Å²) in [5.41, 5.74) is 1.50. The second-order valence-corrected chi connectivity index (χ2v) is 4.95. The van der Waals surface area contributed by atoms with Crippen molar-refractivity contribution >= 4 is 22.6 Å². The zero-order chi connectivity index (χ0) is 15.1. The molecule has 3 rings (SSSR count). The van der Waals surface area contributed by atoms with E-state index in [1.54, 1.807) is 11.5 Å². The first-order valence-corrected chi connectivity index (χ1v) is 6.73. The fourth-order valence-corrected chi connectivity index (χ4v) is 2.56. The first-order valence-electron chi connectivity index (χ1n) is 6.20. The van der Waals surface area contributed by atoms with Crippen LogP contribution in [0.1, 0.15) is 11.4 Å². The number of aryl methyl sites for hydroxylation is 1. The van der Waals surface area contributed by atoms with Gasteiger partial charge in [-0.15, -0.1) is 11.6 Å². The Balaban J connectivity index is 2.40. The average Bonchev–Trinajstić information content (AvgIpc) is 2.77. The number of hydrogen-bond donors (Lipinski definition) is 0. The molecule has 0 saturated heterocycles. The lowest BCUT2D eigenvalue weighted by Crippen LogP contribution is -2.02. The Morgan fingerprint density at radius 2 is 1.86 bits per heavy atom. The van der Waals surface area contributed by atoms with E-state index in [9.17, 15) is 13.2 Å². The van der Waals surface area contributed by atoms with Gasteiger partial charge in [-0.1, -0.05) is 0 Å². The maximum atomic E-state index is 13.8. The number of nitrogens with zero attached hydrogens (tertiary/aromatic N) is 2. The molecule has 0 bridgehead atoms. The monoisotopic (exact) mass is 310 g/mol. The Morgan fingerprint density at radius 1 is 1.10 bits per heavy atom. The van der Waals surface area contributed by atoms with Crippen LogP contribution in [0.4, 0.5) is 13.2 Å². The molecule has 0 spiro atoms. The van der Waals surface area contributed by atoms with Crippen LogP contribution >= 0.6 is 11.6 Å². The van der Waals surface area contributed by atoms with E-state index in [-0.39, 0.29) is 22.7 Å². The molecule has 2 nitrogen and oxygen atoms in total. The van der Waals surface area contributed by atoms with Crippen molar-refractivity contribution in [3.8, 4) is 5.69 Å². The fourth-order valence-electron chi connectivity index (χ4n) is 2.38. The smallest absolute Gasteiger partial charge is 0.153 e. The van der Waals surface area contributed by atoms with Gasteiger partial charge >= 0.3 is 0 Å². The van der Waals surface area contributed by atoms with Gasteiger partial charge in [0.2, 0.25) is 0 Å². The van der Waals surface area contributed by atoms with Gasteiger partial charge in [-0.25, -0.2) is 18.2 Å². The van der Waals surface area contributed by atoms with Crippen LogP contribution in [0.25, 0.3) is 16.7 Å². The van der Waals surface area contributed by atoms with Crippen molar-refractivity contribution in [2.45, 2.75) is 12.8 Å². The lowest BCUT2D eigenvalue weighted by molar-refractivity contribution is 0.590. The minimum Gasteiger partial charge on any atom is -0.295 e. The zero-order valence-corrected chi connectivity index (χ0v) is 11.8. The lowest BCUT2D eigenvalue weighted by atomic mass is 10.2. The molecule has 2 aromatic carbocycles. The number of benzene rings is 2. The number of halogens is 4. The van der Waals surface area contributed by atoms with Crippen LogP contribution in [0.2, 0.25) is 0 Å². The van der Waals surface area contributed by atoms with Crippen molar-refractivity contribution in [3.05, 3.63) is 59.2 Å². The van der Waals surface area contributed by atoms with Crippen LogP contribution in [0.15, 0.2) is 30.3 Å². The molecular formula is C15H10ClF3N2. The van der Waals surface area contributed by atoms with Crippen LogP contribution < -0.4 is 0 Å². The summed E-state index contributed by atoms with van der Waals surface area (Å²) in [5, 5.41) is 0. The third kappa shape index (κ3) is 2.27. The van der Waals surface area contributed by atoms with E-state index >= 15 is 0 Å². The molecular weight excluding hydrogens is 301 g/mol. The van der Waals surface area contributed by atoms with Crippen molar-refractivity contribution in [2.75, 3.05) is 0 Å². The summed E-state index contributed by atoms with van der Waals surface area (Å²) < 4.78 is 42.1. The van der Waals surface area contributed by atoms with Gasteiger partial charge in [0.15, 0.2) is 5.82 Å². The fraction of sp³-hybridized carbons (Fsp3) is 0.133. The molecule has 0 saturated carbocycles. The van der Waals surface area contributed by atoms with E-state index in [1.807, 2.05) is 0 Å². The van der Waals surface area contributed by atoms with Gasteiger partial charge in [0.25, 0.3) is 0 Å². The molecule has 0 atom stereocenters. The Morgan fingerprint density at radius 3 is 2.52 bits per heavy atom. The van der Waals surface area contributed by atoms with Gasteiger partial charge in [-0.2, -0.15) is 0 Å². The van der Waals surface area contributed by atoms with Crippen molar-refractivity contribution in [2.24, 2.45) is 0 Å². The van der Waals surface area contributed by atoms with Gasteiger partial charge in [-0.3, -0.25) is 4.57 Å². The predicted molar refractivity (Wildman–Crippen MR) is 75.2 cm³/mol. The van der Waals surface area contributed by atoms with Gasteiger partial charge in [-0.05, 0) is 30.7 Å². The van der Waals surface area contributed by atoms with Crippen LogP contribution in [-0.2, 0) is 5.88 Å². The summed E-state index contributed by atoms with van der Waals surface area (Å²) in [6.45, 7) is 1.71. The number of fused-ring (bicyclic) bond motifs is 1. The van der Waals surface area contributed by atoms with Gasteiger partial charge in [0.05, 0.1) is 17.1 Å². The Labute approximate surface area is 123 Å². The van der Waals surface area contributed by atoms with Crippen molar-refractivity contribution in [1.29, 1.82) is 0 Å². The van der Waals surface area contributed by atoms with Crippen LogP contribution in [0.3, 0.4) is 0 Å². The van der Waals surface area contributed by atoms with Gasteiger partial charge in [0.1, 0.15) is 23.0 Å². The summed E-state index contributed by atoms with van der Waals surface area (Å²) in [7, 11) is 0. The van der Waals surface area contributed by atoms with Crippen molar-refractivity contribution < 1.29 is 13.2 Å². The topological polar surface area (TPSA) is 17.8 Å². The summed E-state index contributed by atoms with van der Waals surface area (Å²) in [6, 6.07) is 6.11. The van der Waals surface area contributed by atoms with Crippen molar-refractivity contribution in [3.63, 3.8) is 0 Å². The first kappa shape index (κ1) is 13.9. The second-order valence-electron chi connectivity index (χ2n) is 4.68. The normalized spacial score (nSPS) is 11.3. The molecule has 0 N–H and O–H groups in total. The molecule has 1 aromatic heterocycles. The third-order valence-electron chi connectivity index (χ3n) is 3.27. The van der Waals surface area contributed by atoms with E-state index < -0.39 is 11.6 Å². The quantitative estimate of drug-likeness (QED) is 0.638. The Bertz CT molecular complexity index is 843. The summed E-state index contributed by atoms with van der Waals surface area (Å²) in [4.78, 5) is 4.11. The molecule has 108 valence electrons. The average molecular weight is 311 g/mol. The van der Waals surface area contributed by atoms with Gasteiger partial charge in [0, 0.05) is 12.1 Å². The standard InChI is InChI=1S/C15H10ClF3N2/c1-8-4-9(17)2-3-12(8)21-13-6-10(18)5-11(19)15(13)20-14(21)7-16/h2-6H,7H2,1H3. The highest BCUT2D eigenvalue weighted by Crippen LogP contribution is 2.27. The number of hydrogen-bond acceptors (Lipinski definition) is 1. The van der Waals surface area contributed by atoms with E-state index in [1.165, 1.54) is 24.3 Å². The third-order valence-corrected chi connectivity index (χ3v) is 3.51. The molecule has 0 radical (unpaired) electrons. The van der Waals surface area contributed by atoms with Gasteiger partial charge < -0.3 is 0 Å².